The van der Waals surface area contributed by atoms with Gasteiger partial charge in [0.2, 0.25) is 0 Å². The van der Waals surface area contributed by atoms with Crippen molar-refractivity contribution < 1.29 is 9.53 Å². The fourth-order valence-corrected chi connectivity index (χ4v) is 0.590. The van der Waals surface area contributed by atoms with Crippen molar-refractivity contribution in [2.75, 3.05) is 0 Å². The summed E-state index contributed by atoms with van der Waals surface area (Å²) in [7, 11) is 0. The predicted octanol–water partition coefficient (Wildman–Crippen LogP) is 2.63. The van der Waals surface area contributed by atoms with Crippen LogP contribution < -0.4 is 0 Å². The molecule has 0 fully saturated rings. The molecule has 0 aromatic rings. The van der Waals surface area contributed by atoms with E-state index in [2.05, 4.69) is 15.9 Å². The van der Waals surface area contributed by atoms with Crippen LogP contribution in [0.4, 0.5) is 0 Å². The van der Waals surface area contributed by atoms with Crippen LogP contribution in [0.2, 0.25) is 0 Å². The van der Waals surface area contributed by atoms with Gasteiger partial charge in [0, 0.05) is 5.57 Å². The Balaban J connectivity index is 4.10. The van der Waals surface area contributed by atoms with E-state index < -0.39 is 5.60 Å². The molecule has 64 valence electrons. The molecule has 0 unspecified atom stereocenters. The summed E-state index contributed by atoms with van der Waals surface area (Å²) in [5.74, 6) is -0.283. The average molecular weight is 221 g/mol. The van der Waals surface area contributed by atoms with Crippen LogP contribution in [0.1, 0.15) is 27.7 Å². The molecule has 0 rings (SSSR count). The molecule has 0 saturated carbocycles. The first-order valence-electron chi connectivity index (χ1n) is 3.37. The number of rotatable bonds is 1. The predicted molar refractivity (Wildman–Crippen MR) is 48.5 cm³/mol. The SMILES string of the molecule is C/C(=C\Br)C(=O)OC(C)(C)C. The smallest absolute Gasteiger partial charge is 0.334 e. The van der Waals surface area contributed by atoms with Gasteiger partial charge in [0.05, 0.1) is 0 Å². The summed E-state index contributed by atoms with van der Waals surface area (Å²) in [4.78, 5) is 12.6. The number of carbonyl (C=O) groups is 1. The van der Waals surface area contributed by atoms with Gasteiger partial charge in [0.25, 0.3) is 0 Å². The third-order valence-corrected chi connectivity index (χ3v) is 1.57. The summed E-state index contributed by atoms with van der Waals surface area (Å²) in [6, 6.07) is 0. The molecule has 0 aliphatic heterocycles. The van der Waals surface area contributed by atoms with E-state index in [1.807, 2.05) is 20.8 Å². The van der Waals surface area contributed by atoms with E-state index in [0.29, 0.717) is 5.57 Å². The molecule has 0 aromatic heterocycles. The van der Waals surface area contributed by atoms with Crippen molar-refractivity contribution in [3.8, 4) is 0 Å². The van der Waals surface area contributed by atoms with Gasteiger partial charge < -0.3 is 4.74 Å². The zero-order valence-electron chi connectivity index (χ0n) is 7.27. The minimum Gasteiger partial charge on any atom is -0.457 e. The maximum absolute atomic E-state index is 11.1. The first-order valence-corrected chi connectivity index (χ1v) is 4.28. The van der Waals surface area contributed by atoms with Crippen LogP contribution in [0.5, 0.6) is 0 Å². The lowest BCUT2D eigenvalue weighted by Gasteiger charge is -2.19. The summed E-state index contributed by atoms with van der Waals surface area (Å²) < 4.78 is 5.05. The summed E-state index contributed by atoms with van der Waals surface area (Å²) in [5.41, 5.74) is 0.161. The van der Waals surface area contributed by atoms with Crippen molar-refractivity contribution >= 4 is 21.9 Å². The van der Waals surface area contributed by atoms with Crippen molar-refractivity contribution in [2.45, 2.75) is 33.3 Å². The zero-order valence-corrected chi connectivity index (χ0v) is 8.86. The molecule has 0 aliphatic carbocycles. The topological polar surface area (TPSA) is 26.3 Å². The molecule has 11 heavy (non-hydrogen) atoms. The number of hydrogen-bond acceptors (Lipinski definition) is 2. The fourth-order valence-electron chi connectivity index (χ4n) is 0.403. The molecule has 0 aliphatic rings. The highest BCUT2D eigenvalue weighted by atomic mass is 79.9. The first-order chi connectivity index (χ1) is 4.87. The zero-order chi connectivity index (χ0) is 9.07. The summed E-state index contributed by atoms with van der Waals surface area (Å²) in [6.45, 7) is 7.22. The van der Waals surface area contributed by atoms with Gasteiger partial charge in [0.1, 0.15) is 5.60 Å². The molecular formula is C8H13BrO2. The van der Waals surface area contributed by atoms with Gasteiger partial charge in [-0.1, -0.05) is 15.9 Å². The highest BCUT2D eigenvalue weighted by Gasteiger charge is 2.16. The molecule has 0 N–H and O–H groups in total. The van der Waals surface area contributed by atoms with Gasteiger partial charge in [-0.15, -0.1) is 0 Å². The highest BCUT2D eigenvalue weighted by molar-refractivity contribution is 9.11. The largest absolute Gasteiger partial charge is 0.457 e. The Morgan fingerprint density at radius 2 is 1.91 bits per heavy atom. The molecule has 0 spiro atoms. The first kappa shape index (κ1) is 10.7. The van der Waals surface area contributed by atoms with Crippen LogP contribution in [0.25, 0.3) is 0 Å². The minimum atomic E-state index is -0.408. The lowest BCUT2D eigenvalue weighted by atomic mass is 10.2. The van der Waals surface area contributed by atoms with Crippen LogP contribution in [-0.2, 0) is 9.53 Å². The second kappa shape index (κ2) is 3.90. The molecule has 0 saturated heterocycles. The third-order valence-electron chi connectivity index (χ3n) is 0.885. The quantitative estimate of drug-likeness (QED) is 0.502. The van der Waals surface area contributed by atoms with Crippen LogP contribution >= 0.6 is 15.9 Å². The Hall–Kier alpha value is -0.310. The lowest BCUT2D eigenvalue weighted by Crippen LogP contribution is -2.24. The molecule has 0 bridgehead atoms. The fraction of sp³-hybridized carbons (Fsp3) is 0.625. The monoisotopic (exact) mass is 220 g/mol. The number of carbonyl (C=O) groups excluding carboxylic acids is 1. The van der Waals surface area contributed by atoms with Gasteiger partial charge >= 0.3 is 5.97 Å². The number of esters is 1. The molecule has 2 nitrogen and oxygen atoms in total. The van der Waals surface area contributed by atoms with Crippen LogP contribution in [-0.4, -0.2) is 11.6 Å². The maximum Gasteiger partial charge on any atom is 0.334 e. The average Bonchev–Trinajstić information content (AvgIpc) is 1.82. The van der Waals surface area contributed by atoms with Crippen molar-refractivity contribution in [3.05, 3.63) is 10.6 Å². The lowest BCUT2D eigenvalue weighted by molar-refractivity contribution is -0.149. The molecule has 0 amide bonds. The molecular weight excluding hydrogens is 208 g/mol. The molecule has 0 aromatic carbocycles. The second-order valence-electron chi connectivity index (χ2n) is 3.29. The van der Waals surface area contributed by atoms with Crippen LogP contribution in [0, 0.1) is 0 Å². The highest BCUT2D eigenvalue weighted by Crippen LogP contribution is 2.11. The standard InChI is InChI=1S/C8H13BrO2/c1-6(5-9)7(10)11-8(2,3)4/h5H,1-4H3/b6-5+. The van der Waals surface area contributed by atoms with Crippen molar-refractivity contribution in [1.82, 2.24) is 0 Å². The normalized spacial score (nSPS) is 13.0. The van der Waals surface area contributed by atoms with E-state index in [0.717, 1.165) is 0 Å². The third kappa shape index (κ3) is 5.01. The maximum atomic E-state index is 11.1. The number of ether oxygens (including phenoxy) is 1. The summed E-state index contributed by atoms with van der Waals surface area (Å²) in [5, 5.41) is 0. The Morgan fingerprint density at radius 1 is 1.45 bits per heavy atom. The minimum absolute atomic E-state index is 0.283. The van der Waals surface area contributed by atoms with E-state index >= 15 is 0 Å². The Labute approximate surface area is 75.7 Å². The van der Waals surface area contributed by atoms with Gasteiger partial charge in [-0.25, -0.2) is 4.79 Å². The van der Waals surface area contributed by atoms with E-state index in [9.17, 15) is 4.79 Å². The number of halogens is 1. The molecule has 3 heteroatoms. The molecule has 0 heterocycles. The van der Waals surface area contributed by atoms with Crippen molar-refractivity contribution in [3.63, 3.8) is 0 Å². The molecule has 0 radical (unpaired) electrons. The van der Waals surface area contributed by atoms with Crippen molar-refractivity contribution in [2.24, 2.45) is 0 Å². The number of hydrogen-bond donors (Lipinski definition) is 0. The summed E-state index contributed by atoms with van der Waals surface area (Å²) in [6.07, 6.45) is 0. The Kier molecular flexibility index (Phi) is 3.79. The van der Waals surface area contributed by atoms with E-state index in [-0.39, 0.29) is 5.97 Å². The van der Waals surface area contributed by atoms with Gasteiger partial charge in [-0.05, 0) is 32.7 Å². The van der Waals surface area contributed by atoms with Crippen LogP contribution in [0.3, 0.4) is 0 Å². The van der Waals surface area contributed by atoms with E-state index in [4.69, 9.17) is 4.74 Å². The van der Waals surface area contributed by atoms with E-state index in [1.54, 1.807) is 11.9 Å². The molecule has 0 atom stereocenters. The van der Waals surface area contributed by atoms with Crippen molar-refractivity contribution in [1.29, 1.82) is 0 Å². The van der Waals surface area contributed by atoms with Gasteiger partial charge in [0.15, 0.2) is 0 Å². The van der Waals surface area contributed by atoms with E-state index in [1.165, 1.54) is 0 Å². The summed E-state index contributed by atoms with van der Waals surface area (Å²) >= 11 is 3.06. The second-order valence-corrected chi connectivity index (χ2v) is 3.75. The Morgan fingerprint density at radius 3 is 2.18 bits per heavy atom. The van der Waals surface area contributed by atoms with Gasteiger partial charge in [-0.3, -0.25) is 0 Å². The Bertz CT molecular complexity index is 177. The van der Waals surface area contributed by atoms with Crippen LogP contribution in [0.15, 0.2) is 10.6 Å². The van der Waals surface area contributed by atoms with Gasteiger partial charge in [-0.2, -0.15) is 0 Å².